The van der Waals surface area contributed by atoms with Crippen molar-refractivity contribution in [1.82, 2.24) is 9.80 Å². The molecule has 0 aliphatic carbocycles. The van der Waals surface area contributed by atoms with Crippen LogP contribution in [0.5, 0.6) is 0 Å². The number of para-hydroxylation sites is 1. The molecule has 29 heavy (non-hydrogen) atoms. The minimum Gasteiger partial charge on any atom is -0.342 e. The summed E-state index contributed by atoms with van der Waals surface area (Å²) in [6, 6.07) is 9.55. The van der Waals surface area contributed by atoms with Gasteiger partial charge < -0.3 is 14.7 Å². The second-order valence-corrected chi connectivity index (χ2v) is 8.58. The normalized spacial score (nSPS) is 23.9. The molecule has 4 rings (SSSR count). The molecule has 3 heterocycles. The molecule has 1 aromatic rings. The van der Waals surface area contributed by atoms with Crippen LogP contribution in [-0.4, -0.2) is 60.2 Å². The smallest absolute Gasteiger partial charge is 0.228 e. The van der Waals surface area contributed by atoms with Crippen molar-refractivity contribution in [3.8, 4) is 0 Å². The van der Waals surface area contributed by atoms with E-state index in [9.17, 15) is 14.4 Å². The summed E-state index contributed by atoms with van der Waals surface area (Å²) < 4.78 is 0. The minimum atomic E-state index is -0.277. The summed E-state index contributed by atoms with van der Waals surface area (Å²) >= 11 is 0. The third-order valence-corrected chi connectivity index (χ3v) is 6.62. The first-order valence-corrected chi connectivity index (χ1v) is 11.1. The van der Waals surface area contributed by atoms with Crippen LogP contribution in [0.2, 0.25) is 0 Å². The summed E-state index contributed by atoms with van der Waals surface area (Å²) in [5, 5.41) is 0. The molecule has 6 nitrogen and oxygen atoms in total. The van der Waals surface area contributed by atoms with Gasteiger partial charge in [-0.3, -0.25) is 14.4 Å². The van der Waals surface area contributed by atoms with Gasteiger partial charge in [-0.05, 0) is 37.8 Å². The fourth-order valence-electron chi connectivity index (χ4n) is 4.88. The Morgan fingerprint density at radius 1 is 0.759 bits per heavy atom. The van der Waals surface area contributed by atoms with E-state index in [-0.39, 0.29) is 36.0 Å². The topological polar surface area (TPSA) is 60.9 Å². The Kier molecular flexibility index (Phi) is 6.16. The van der Waals surface area contributed by atoms with Gasteiger partial charge >= 0.3 is 0 Å². The van der Waals surface area contributed by atoms with Gasteiger partial charge in [0.1, 0.15) is 0 Å². The van der Waals surface area contributed by atoms with Crippen LogP contribution in [0, 0.1) is 11.8 Å². The summed E-state index contributed by atoms with van der Waals surface area (Å²) in [6.07, 6.45) is 6.41. The zero-order chi connectivity index (χ0) is 20.2. The van der Waals surface area contributed by atoms with Crippen LogP contribution in [0.15, 0.2) is 30.3 Å². The molecule has 3 fully saturated rings. The van der Waals surface area contributed by atoms with Crippen LogP contribution >= 0.6 is 0 Å². The van der Waals surface area contributed by atoms with Crippen molar-refractivity contribution in [2.24, 2.45) is 11.8 Å². The summed E-state index contributed by atoms with van der Waals surface area (Å²) in [5.74, 6) is 0.132. The average molecular weight is 398 g/mol. The second kappa shape index (κ2) is 8.97. The van der Waals surface area contributed by atoms with Crippen molar-refractivity contribution in [3.63, 3.8) is 0 Å². The lowest BCUT2D eigenvalue weighted by molar-refractivity contribution is -0.142. The molecule has 0 aromatic heterocycles. The summed E-state index contributed by atoms with van der Waals surface area (Å²) in [6.45, 7) is 3.47. The average Bonchev–Trinajstić information content (AvgIpc) is 2.97. The lowest BCUT2D eigenvalue weighted by Crippen LogP contribution is -2.46. The Morgan fingerprint density at radius 2 is 1.34 bits per heavy atom. The molecule has 0 spiro atoms. The van der Waals surface area contributed by atoms with E-state index in [2.05, 4.69) is 0 Å². The third-order valence-electron chi connectivity index (χ3n) is 6.62. The van der Waals surface area contributed by atoms with Gasteiger partial charge in [-0.15, -0.1) is 0 Å². The number of carbonyl (C=O) groups is 3. The number of amides is 3. The van der Waals surface area contributed by atoms with Gasteiger partial charge in [0, 0.05) is 50.7 Å². The number of benzene rings is 1. The molecule has 1 unspecified atom stereocenters. The van der Waals surface area contributed by atoms with Gasteiger partial charge in [-0.2, -0.15) is 0 Å². The fourth-order valence-corrected chi connectivity index (χ4v) is 4.88. The Bertz CT molecular complexity index is 735. The van der Waals surface area contributed by atoms with Crippen molar-refractivity contribution < 1.29 is 14.4 Å². The van der Waals surface area contributed by atoms with Crippen LogP contribution in [0.25, 0.3) is 0 Å². The molecule has 156 valence electrons. The number of hydrogen-bond donors (Lipinski definition) is 0. The molecular formula is C23H31N3O3. The molecule has 1 atom stereocenters. The lowest BCUT2D eigenvalue weighted by Gasteiger charge is -2.35. The molecule has 0 bridgehead atoms. The maximum absolute atomic E-state index is 13.0. The minimum absolute atomic E-state index is 0.0146. The highest BCUT2D eigenvalue weighted by molar-refractivity contribution is 6.00. The molecule has 1 aromatic carbocycles. The van der Waals surface area contributed by atoms with Crippen LogP contribution in [-0.2, 0) is 14.4 Å². The first-order valence-electron chi connectivity index (χ1n) is 11.1. The zero-order valence-electron chi connectivity index (χ0n) is 17.1. The van der Waals surface area contributed by atoms with Crippen LogP contribution < -0.4 is 4.90 Å². The fraction of sp³-hybridized carbons (Fsp3) is 0.609. The van der Waals surface area contributed by atoms with E-state index in [0.717, 1.165) is 44.5 Å². The maximum Gasteiger partial charge on any atom is 0.228 e. The van der Waals surface area contributed by atoms with Crippen molar-refractivity contribution >= 4 is 23.4 Å². The maximum atomic E-state index is 13.0. The van der Waals surface area contributed by atoms with E-state index in [4.69, 9.17) is 0 Å². The van der Waals surface area contributed by atoms with E-state index < -0.39 is 0 Å². The molecule has 6 heteroatoms. The van der Waals surface area contributed by atoms with Crippen LogP contribution in [0.4, 0.5) is 5.69 Å². The number of hydrogen-bond acceptors (Lipinski definition) is 3. The SMILES string of the molecule is O=C(C1CCN(C(=O)C2CC(=O)N(c3ccccc3)C2)CC1)N1CCCCCC1. The number of nitrogens with zero attached hydrogens (tertiary/aromatic N) is 3. The van der Waals surface area contributed by atoms with Crippen molar-refractivity contribution in [2.75, 3.05) is 37.6 Å². The third kappa shape index (κ3) is 4.46. The van der Waals surface area contributed by atoms with Crippen LogP contribution in [0.3, 0.4) is 0 Å². The second-order valence-electron chi connectivity index (χ2n) is 8.58. The molecular weight excluding hydrogens is 366 g/mol. The van der Waals surface area contributed by atoms with E-state index in [1.165, 1.54) is 12.8 Å². The zero-order valence-corrected chi connectivity index (χ0v) is 17.1. The molecule has 0 radical (unpaired) electrons. The van der Waals surface area contributed by atoms with Gasteiger partial charge in [0.15, 0.2) is 0 Å². The number of carbonyl (C=O) groups excluding carboxylic acids is 3. The molecule has 0 N–H and O–H groups in total. The number of piperidine rings is 1. The highest BCUT2D eigenvalue weighted by atomic mass is 16.2. The quantitative estimate of drug-likeness (QED) is 0.788. The van der Waals surface area contributed by atoms with Crippen molar-refractivity contribution in [2.45, 2.75) is 44.9 Å². The Morgan fingerprint density at radius 3 is 2.00 bits per heavy atom. The number of rotatable bonds is 3. The van der Waals surface area contributed by atoms with Crippen molar-refractivity contribution in [3.05, 3.63) is 30.3 Å². The van der Waals surface area contributed by atoms with Crippen molar-refractivity contribution in [1.29, 1.82) is 0 Å². The molecule has 3 saturated heterocycles. The summed E-state index contributed by atoms with van der Waals surface area (Å²) in [4.78, 5) is 43.9. The first-order chi connectivity index (χ1) is 14.1. The molecule has 3 aliphatic heterocycles. The predicted molar refractivity (Wildman–Crippen MR) is 111 cm³/mol. The molecule has 3 aliphatic rings. The highest BCUT2D eigenvalue weighted by Gasteiger charge is 2.39. The van der Waals surface area contributed by atoms with Crippen LogP contribution in [0.1, 0.15) is 44.9 Å². The van der Waals surface area contributed by atoms with E-state index in [1.807, 2.05) is 40.1 Å². The van der Waals surface area contributed by atoms with Gasteiger partial charge in [-0.25, -0.2) is 0 Å². The molecule has 3 amide bonds. The van der Waals surface area contributed by atoms with E-state index in [1.54, 1.807) is 4.90 Å². The standard InChI is InChI=1S/C23H31N3O3/c27-21-16-19(17-26(21)20-8-4-3-5-9-20)23(29)25-14-10-18(11-15-25)22(28)24-12-6-1-2-7-13-24/h3-5,8-9,18-19H,1-2,6-7,10-17H2. The monoisotopic (exact) mass is 397 g/mol. The Labute approximate surface area is 172 Å². The highest BCUT2D eigenvalue weighted by Crippen LogP contribution is 2.28. The summed E-state index contributed by atoms with van der Waals surface area (Å²) in [5.41, 5.74) is 0.856. The summed E-state index contributed by atoms with van der Waals surface area (Å²) in [7, 11) is 0. The largest absolute Gasteiger partial charge is 0.342 e. The Balaban J connectivity index is 1.30. The van der Waals surface area contributed by atoms with E-state index in [0.29, 0.717) is 19.6 Å². The van der Waals surface area contributed by atoms with Gasteiger partial charge in [0.05, 0.1) is 5.92 Å². The molecule has 0 saturated carbocycles. The number of anilines is 1. The number of likely N-dealkylation sites (tertiary alicyclic amines) is 2. The first kappa shape index (κ1) is 19.9. The van der Waals surface area contributed by atoms with E-state index >= 15 is 0 Å². The van der Waals surface area contributed by atoms with Gasteiger partial charge in [-0.1, -0.05) is 31.0 Å². The van der Waals surface area contributed by atoms with Gasteiger partial charge in [0.2, 0.25) is 17.7 Å². The predicted octanol–water partition coefficient (Wildman–Crippen LogP) is 2.68. The Hall–Kier alpha value is -2.37. The lowest BCUT2D eigenvalue weighted by atomic mass is 9.94. The van der Waals surface area contributed by atoms with Gasteiger partial charge in [0.25, 0.3) is 0 Å².